The molecule has 0 spiro atoms. The molecule has 1 N–H and O–H groups in total. The van der Waals surface area contributed by atoms with Gasteiger partial charge in [-0.05, 0) is 57.0 Å². The highest BCUT2D eigenvalue weighted by atomic mass is 32.2. The molecule has 2 amide bonds. The van der Waals surface area contributed by atoms with E-state index in [1.54, 1.807) is 43.1 Å². The van der Waals surface area contributed by atoms with Gasteiger partial charge in [-0.15, -0.1) is 4.36 Å². The first-order valence-corrected chi connectivity index (χ1v) is 13.5. The maximum Gasteiger partial charge on any atom is 0.442 e. The summed E-state index contributed by atoms with van der Waals surface area (Å²) in [6.07, 6.45) is 2.21. The summed E-state index contributed by atoms with van der Waals surface area (Å²) in [6, 6.07) is 10.4. The van der Waals surface area contributed by atoms with E-state index in [0.717, 1.165) is 24.3 Å². The number of anilines is 4. The number of nitrogens with one attached hydrogen (secondary N) is 1. The molecule has 3 heterocycles. The molecule has 0 aliphatic carbocycles. The Labute approximate surface area is 205 Å². The van der Waals surface area contributed by atoms with Crippen molar-refractivity contribution in [3.63, 3.8) is 0 Å². The molecule has 0 saturated carbocycles. The summed E-state index contributed by atoms with van der Waals surface area (Å²) >= 11 is 0. The Morgan fingerprint density at radius 3 is 2.74 bits per heavy atom. The summed E-state index contributed by atoms with van der Waals surface area (Å²) in [6.45, 7) is 5.05. The smallest absolute Gasteiger partial charge is 0.442 e. The Balaban J connectivity index is 1.65. The molecule has 1 saturated heterocycles. The third-order valence-corrected chi connectivity index (χ3v) is 7.84. The number of ether oxygens (including phenoxy) is 2. The summed E-state index contributed by atoms with van der Waals surface area (Å²) in [7, 11) is -1.21. The van der Waals surface area contributed by atoms with Crippen LogP contribution < -0.4 is 15.1 Å². The van der Waals surface area contributed by atoms with Crippen LogP contribution in [0.15, 0.2) is 45.7 Å². The molecular weight excluding hydrogens is 470 g/mol. The first kappa shape index (κ1) is 24.9. The van der Waals surface area contributed by atoms with E-state index in [1.807, 2.05) is 19.1 Å². The zero-order valence-electron chi connectivity index (χ0n) is 20.4. The summed E-state index contributed by atoms with van der Waals surface area (Å²) in [5.74, 6) is 1.35. The van der Waals surface area contributed by atoms with E-state index in [9.17, 15) is 13.8 Å². The molecule has 1 aromatic heterocycles. The fraction of sp³-hybridized carbons (Fsp3) is 0.458. The summed E-state index contributed by atoms with van der Waals surface area (Å²) in [4.78, 5) is 33.7. The Kier molecular flexibility index (Phi) is 7.27. The van der Waals surface area contributed by atoms with Crippen LogP contribution in [0.1, 0.15) is 26.7 Å². The molecule has 0 radical (unpaired) electrons. The fourth-order valence-corrected chi connectivity index (χ4v) is 5.54. The van der Waals surface area contributed by atoms with Gasteiger partial charge in [0.05, 0.1) is 22.0 Å². The Morgan fingerprint density at radius 2 is 2.03 bits per heavy atom. The minimum atomic E-state index is -2.98. The highest BCUT2D eigenvalue weighted by molar-refractivity contribution is 7.93. The first-order chi connectivity index (χ1) is 16.7. The van der Waals surface area contributed by atoms with Gasteiger partial charge in [0, 0.05) is 43.1 Å². The lowest BCUT2D eigenvalue weighted by Gasteiger charge is -2.44. The van der Waals surface area contributed by atoms with Crippen molar-refractivity contribution in [3.8, 4) is 0 Å². The number of carbonyl (C=O) groups excluding carboxylic acids is 2. The Bertz CT molecular complexity index is 1240. The second kappa shape index (κ2) is 10.2. The zero-order valence-corrected chi connectivity index (χ0v) is 21.2. The number of hydrogen-bond donors (Lipinski definition) is 1. The molecule has 10 nitrogen and oxygen atoms in total. The number of benzene rings is 1. The lowest BCUT2D eigenvalue weighted by atomic mass is 10.0. The minimum absolute atomic E-state index is 0.0299. The predicted octanol–water partition coefficient (Wildman–Crippen LogP) is 3.79. The Hall–Kier alpha value is -3.18. The fourth-order valence-electron chi connectivity index (χ4n) is 4.42. The van der Waals surface area contributed by atoms with Crippen molar-refractivity contribution < 1.29 is 23.3 Å². The van der Waals surface area contributed by atoms with Crippen LogP contribution in [0.2, 0.25) is 0 Å². The number of likely N-dealkylation sites (N-methyl/N-ethyl adjacent to an activating group) is 1. The van der Waals surface area contributed by atoms with Crippen molar-refractivity contribution >= 4 is 44.7 Å². The molecule has 2 aromatic rings. The molecule has 2 atom stereocenters. The van der Waals surface area contributed by atoms with Gasteiger partial charge < -0.3 is 24.6 Å². The largest absolute Gasteiger partial charge is 0.448 e. The van der Waals surface area contributed by atoms with E-state index in [2.05, 4.69) is 14.6 Å². The molecule has 1 fully saturated rings. The number of fused-ring (bicyclic) bond motifs is 1. The van der Waals surface area contributed by atoms with Crippen LogP contribution >= 0.6 is 0 Å². The van der Waals surface area contributed by atoms with Crippen LogP contribution in [-0.4, -0.2) is 66.4 Å². The van der Waals surface area contributed by atoms with Gasteiger partial charge in [-0.1, -0.05) is 6.07 Å². The quantitative estimate of drug-likeness (QED) is 0.658. The van der Waals surface area contributed by atoms with Gasteiger partial charge in [0.15, 0.2) is 5.82 Å². The molecule has 188 valence electrons. The van der Waals surface area contributed by atoms with Crippen LogP contribution in [0.4, 0.5) is 27.8 Å². The third kappa shape index (κ3) is 5.25. The van der Waals surface area contributed by atoms with Gasteiger partial charge in [-0.3, -0.25) is 4.79 Å². The molecule has 0 bridgehead atoms. The van der Waals surface area contributed by atoms with Crippen molar-refractivity contribution in [2.24, 2.45) is 4.36 Å². The van der Waals surface area contributed by atoms with Crippen LogP contribution in [0.3, 0.4) is 0 Å². The second-order valence-corrected chi connectivity index (χ2v) is 10.9. The van der Waals surface area contributed by atoms with Crippen LogP contribution in [0, 0.1) is 0 Å². The van der Waals surface area contributed by atoms with E-state index < -0.39 is 15.8 Å². The van der Waals surface area contributed by atoms with Gasteiger partial charge in [0.1, 0.15) is 11.9 Å². The molecule has 1 aromatic carbocycles. The molecule has 1 unspecified atom stereocenters. The average Bonchev–Trinajstić information content (AvgIpc) is 2.83. The van der Waals surface area contributed by atoms with Gasteiger partial charge >= 0.3 is 6.09 Å². The summed E-state index contributed by atoms with van der Waals surface area (Å²) in [5.41, 5.74) is 1.40. The number of pyridine rings is 1. The number of aromatic nitrogens is 1. The van der Waals surface area contributed by atoms with Crippen molar-refractivity contribution in [2.45, 2.75) is 43.7 Å². The standard InChI is InChI=1S/C24H31N5O5S/c1-5-34-24(31)27-35(4,32)19-8-6-7-17(15-19)25-21-10-9-20-22(26-21)29(16(2)23(30)28(20)3)18-11-13-33-14-12-18/h6-10,15-16,18H,5,11-14H2,1-4H3,(H,25,26)/t16-,35?/m1/s1. The van der Waals surface area contributed by atoms with Gasteiger partial charge in [-0.2, -0.15) is 0 Å². The van der Waals surface area contributed by atoms with Crippen LogP contribution in [-0.2, 0) is 24.0 Å². The molecule has 4 rings (SSSR count). The van der Waals surface area contributed by atoms with Gasteiger partial charge in [0.2, 0.25) is 5.91 Å². The van der Waals surface area contributed by atoms with Crippen LogP contribution in [0.25, 0.3) is 0 Å². The highest BCUT2D eigenvalue weighted by Crippen LogP contribution is 2.38. The maximum atomic E-state index is 13.0. The molecule has 2 aliphatic rings. The zero-order chi connectivity index (χ0) is 25.2. The number of carbonyl (C=O) groups is 2. The normalized spacial score (nSPS) is 20.1. The number of amides is 2. The van der Waals surface area contributed by atoms with Gasteiger partial charge in [0.25, 0.3) is 0 Å². The molecule has 35 heavy (non-hydrogen) atoms. The van der Waals surface area contributed by atoms with Crippen molar-refractivity contribution in [1.29, 1.82) is 0 Å². The van der Waals surface area contributed by atoms with Crippen molar-refractivity contribution in [3.05, 3.63) is 36.4 Å². The minimum Gasteiger partial charge on any atom is -0.448 e. The Morgan fingerprint density at radius 1 is 1.29 bits per heavy atom. The van der Waals surface area contributed by atoms with Crippen LogP contribution in [0.5, 0.6) is 0 Å². The van der Waals surface area contributed by atoms with Crippen molar-refractivity contribution in [2.75, 3.05) is 48.2 Å². The molecule has 11 heteroatoms. The first-order valence-electron chi connectivity index (χ1n) is 11.6. The SMILES string of the molecule is CCOC(=O)N=S(C)(=O)c1cccc(Nc2ccc3c(n2)N(C2CCOCC2)[C@H](C)C(=O)N3C)c1. The highest BCUT2D eigenvalue weighted by Gasteiger charge is 2.39. The lowest BCUT2D eigenvalue weighted by molar-refractivity contribution is -0.119. The summed E-state index contributed by atoms with van der Waals surface area (Å²) in [5, 5.41) is 3.26. The monoisotopic (exact) mass is 501 g/mol. The van der Waals surface area contributed by atoms with E-state index in [4.69, 9.17) is 14.5 Å². The lowest BCUT2D eigenvalue weighted by Crippen LogP contribution is -2.56. The maximum absolute atomic E-state index is 13.0. The topological polar surface area (TPSA) is 113 Å². The van der Waals surface area contributed by atoms with Crippen molar-refractivity contribution in [1.82, 2.24) is 4.98 Å². The molecule has 2 aliphatic heterocycles. The third-order valence-electron chi connectivity index (χ3n) is 6.21. The number of hydrogen-bond acceptors (Lipinski definition) is 8. The second-order valence-electron chi connectivity index (χ2n) is 8.61. The summed E-state index contributed by atoms with van der Waals surface area (Å²) < 4.78 is 27.1. The number of nitrogens with zero attached hydrogens (tertiary/aromatic N) is 4. The number of rotatable bonds is 5. The van der Waals surface area contributed by atoms with E-state index in [-0.39, 0.29) is 24.6 Å². The van der Waals surface area contributed by atoms with E-state index >= 15 is 0 Å². The average molecular weight is 502 g/mol. The van der Waals surface area contributed by atoms with E-state index in [0.29, 0.717) is 29.6 Å². The van der Waals surface area contributed by atoms with E-state index in [1.165, 1.54) is 6.26 Å². The predicted molar refractivity (Wildman–Crippen MR) is 135 cm³/mol. The molecular formula is C24H31N5O5S. The van der Waals surface area contributed by atoms with Gasteiger partial charge in [-0.25, -0.2) is 14.0 Å².